The predicted octanol–water partition coefficient (Wildman–Crippen LogP) is 4.05. The van der Waals surface area contributed by atoms with Crippen molar-refractivity contribution < 1.29 is 44.7 Å². The largest absolute Gasteiger partial charge is 0.508 e. The molecule has 2 atom stereocenters. The van der Waals surface area contributed by atoms with Crippen LogP contribution < -0.4 is 5.32 Å². The number of carbonyl (C=O) groups excluding carboxylic acids is 2. The van der Waals surface area contributed by atoms with Crippen LogP contribution in [0.25, 0.3) is 0 Å². The van der Waals surface area contributed by atoms with E-state index < -0.39 is 57.8 Å². The van der Waals surface area contributed by atoms with Gasteiger partial charge in [0.25, 0.3) is 5.91 Å². The summed E-state index contributed by atoms with van der Waals surface area (Å²) < 4.78 is 6.17. The van der Waals surface area contributed by atoms with Crippen LogP contribution in [0.2, 0.25) is 0 Å². The molecule has 10 heteroatoms. The fraction of sp³-hybridized carbons (Fsp3) is 0.129. The SMILES string of the molecule is O=C(NC1Cc2ccccc2C1OCc1cc(O)c(C(=O)c2c(O)cccc2C(=O)O)c(O)c1)c1ccc(O)cc1. The Morgan fingerprint density at radius 2 is 1.49 bits per heavy atom. The summed E-state index contributed by atoms with van der Waals surface area (Å²) in [5, 5.41) is 53.4. The number of nitrogens with one attached hydrogen (secondary N) is 1. The number of carboxylic acids is 1. The third-order valence-electron chi connectivity index (χ3n) is 6.93. The molecule has 1 aliphatic rings. The summed E-state index contributed by atoms with van der Waals surface area (Å²) in [6.07, 6.45) is -0.0709. The minimum atomic E-state index is -1.46. The Balaban J connectivity index is 1.37. The Morgan fingerprint density at radius 1 is 0.805 bits per heavy atom. The molecule has 41 heavy (non-hydrogen) atoms. The Morgan fingerprint density at radius 3 is 2.17 bits per heavy atom. The van der Waals surface area contributed by atoms with Gasteiger partial charge in [0.1, 0.15) is 34.7 Å². The fourth-order valence-corrected chi connectivity index (χ4v) is 5.01. The van der Waals surface area contributed by atoms with Crippen molar-refractivity contribution in [3.63, 3.8) is 0 Å². The van der Waals surface area contributed by atoms with Crippen molar-refractivity contribution in [3.8, 4) is 23.0 Å². The van der Waals surface area contributed by atoms with Gasteiger partial charge in [0.15, 0.2) is 0 Å². The Hall–Kier alpha value is -5.35. The number of carboxylic acid groups (broad SMARTS) is 1. The number of carbonyl (C=O) groups is 3. The van der Waals surface area contributed by atoms with Crippen molar-refractivity contribution in [2.24, 2.45) is 0 Å². The molecule has 0 spiro atoms. The first-order valence-corrected chi connectivity index (χ1v) is 12.6. The molecule has 0 bridgehead atoms. The number of ketones is 1. The van der Waals surface area contributed by atoms with Crippen LogP contribution in [0.4, 0.5) is 0 Å². The van der Waals surface area contributed by atoms with E-state index in [1.807, 2.05) is 24.3 Å². The van der Waals surface area contributed by atoms with Crippen LogP contribution in [0, 0.1) is 0 Å². The molecule has 10 nitrogen and oxygen atoms in total. The lowest BCUT2D eigenvalue weighted by atomic mass is 9.95. The monoisotopic (exact) mass is 555 g/mol. The first kappa shape index (κ1) is 27.2. The van der Waals surface area contributed by atoms with Crippen LogP contribution in [-0.4, -0.2) is 49.2 Å². The van der Waals surface area contributed by atoms with Crippen LogP contribution in [0.5, 0.6) is 23.0 Å². The lowest BCUT2D eigenvalue weighted by Crippen LogP contribution is -2.38. The van der Waals surface area contributed by atoms with Gasteiger partial charge in [-0.15, -0.1) is 0 Å². The number of hydrogen-bond donors (Lipinski definition) is 6. The lowest BCUT2D eigenvalue weighted by Gasteiger charge is -2.23. The minimum absolute atomic E-state index is 0.0400. The highest BCUT2D eigenvalue weighted by molar-refractivity contribution is 6.18. The van der Waals surface area contributed by atoms with Gasteiger partial charge in [-0.25, -0.2) is 4.79 Å². The molecule has 0 saturated carbocycles. The average molecular weight is 556 g/mol. The highest BCUT2D eigenvalue weighted by Gasteiger charge is 2.35. The standard InChI is InChI=1S/C31H25NO9/c33-19-10-8-17(9-11-19)30(38)32-22-14-18-4-1-2-5-20(18)29(22)41-15-16-12-24(35)27(25(36)13-16)28(37)26-21(31(39)40)6-3-7-23(26)34/h1-13,22,29,33-36H,14-15H2,(H,32,38)(H,39,40). The third kappa shape index (κ3) is 5.41. The van der Waals surface area contributed by atoms with E-state index in [9.17, 15) is 39.9 Å². The van der Waals surface area contributed by atoms with E-state index in [-0.39, 0.29) is 18.3 Å². The zero-order valence-electron chi connectivity index (χ0n) is 21.4. The van der Waals surface area contributed by atoms with Gasteiger partial charge in [0.2, 0.25) is 5.78 Å². The van der Waals surface area contributed by atoms with E-state index in [0.29, 0.717) is 17.5 Å². The molecule has 208 valence electrons. The van der Waals surface area contributed by atoms with Crippen LogP contribution >= 0.6 is 0 Å². The van der Waals surface area contributed by atoms with Gasteiger partial charge in [-0.1, -0.05) is 30.3 Å². The van der Waals surface area contributed by atoms with Crippen molar-refractivity contribution in [1.82, 2.24) is 5.32 Å². The number of ether oxygens (including phenoxy) is 1. The number of rotatable bonds is 8. The van der Waals surface area contributed by atoms with Crippen molar-refractivity contribution >= 4 is 17.7 Å². The third-order valence-corrected chi connectivity index (χ3v) is 6.93. The number of amides is 1. The highest BCUT2D eigenvalue weighted by atomic mass is 16.5. The topological polar surface area (TPSA) is 174 Å². The molecule has 4 aromatic rings. The molecule has 0 heterocycles. The summed E-state index contributed by atoms with van der Waals surface area (Å²) in [6.45, 7) is -0.114. The Kier molecular flexibility index (Phi) is 7.32. The molecule has 6 N–H and O–H groups in total. The lowest BCUT2D eigenvalue weighted by molar-refractivity contribution is 0.0208. The second-order valence-corrected chi connectivity index (χ2v) is 9.60. The van der Waals surface area contributed by atoms with E-state index in [1.165, 1.54) is 42.5 Å². The van der Waals surface area contributed by atoms with E-state index in [0.717, 1.165) is 23.3 Å². The number of aromatic carboxylic acids is 1. The van der Waals surface area contributed by atoms with Crippen LogP contribution in [-0.2, 0) is 17.8 Å². The first-order chi connectivity index (χ1) is 19.6. The second kappa shape index (κ2) is 11.0. The van der Waals surface area contributed by atoms with Gasteiger partial charge in [0.05, 0.1) is 23.8 Å². The molecule has 0 aliphatic heterocycles. The highest BCUT2D eigenvalue weighted by Crippen LogP contribution is 2.38. The second-order valence-electron chi connectivity index (χ2n) is 9.60. The molecule has 0 fully saturated rings. The van der Waals surface area contributed by atoms with Gasteiger partial charge in [-0.3, -0.25) is 9.59 Å². The smallest absolute Gasteiger partial charge is 0.336 e. The predicted molar refractivity (Wildman–Crippen MR) is 145 cm³/mol. The molecule has 0 saturated heterocycles. The molecular formula is C31H25NO9. The summed E-state index contributed by atoms with van der Waals surface area (Å²) in [5.41, 5.74) is 0.902. The molecule has 2 unspecified atom stereocenters. The minimum Gasteiger partial charge on any atom is -0.508 e. The number of fused-ring (bicyclic) bond motifs is 1. The quantitative estimate of drug-likeness (QED) is 0.175. The maximum absolute atomic E-state index is 13.1. The molecule has 0 radical (unpaired) electrons. The van der Waals surface area contributed by atoms with Gasteiger partial charge in [-0.05, 0) is 71.6 Å². The van der Waals surface area contributed by atoms with E-state index >= 15 is 0 Å². The number of phenols is 4. The average Bonchev–Trinajstić information content (AvgIpc) is 3.28. The molecule has 1 amide bonds. The Labute approximate surface area is 233 Å². The van der Waals surface area contributed by atoms with Crippen LogP contribution in [0.3, 0.4) is 0 Å². The van der Waals surface area contributed by atoms with E-state index in [1.54, 1.807) is 0 Å². The van der Waals surface area contributed by atoms with Crippen LogP contribution in [0.15, 0.2) is 78.9 Å². The Bertz CT molecular complexity index is 1640. The number of benzene rings is 4. The van der Waals surface area contributed by atoms with Gasteiger partial charge < -0.3 is 35.6 Å². The van der Waals surface area contributed by atoms with E-state index in [2.05, 4.69) is 5.32 Å². The summed E-state index contributed by atoms with van der Waals surface area (Å²) in [7, 11) is 0. The summed E-state index contributed by atoms with van der Waals surface area (Å²) in [5.74, 6) is -4.70. The summed E-state index contributed by atoms with van der Waals surface area (Å²) >= 11 is 0. The zero-order valence-corrected chi connectivity index (χ0v) is 21.4. The summed E-state index contributed by atoms with van der Waals surface area (Å²) in [6, 6.07) is 18.9. The molecule has 1 aliphatic carbocycles. The summed E-state index contributed by atoms with van der Waals surface area (Å²) in [4.78, 5) is 37.6. The molecule has 4 aromatic carbocycles. The number of aromatic hydroxyl groups is 4. The van der Waals surface area contributed by atoms with Crippen molar-refractivity contribution in [1.29, 1.82) is 0 Å². The van der Waals surface area contributed by atoms with Gasteiger partial charge in [-0.2, -0.15) is 0 Å². The van der Waals surface area contributed by atoms with Gasteiger partial charge >= 0.3 is 5.97 Å². The molecule has 0 aromatic heterocycles. The molecule has 5 rings (SSSR count). The van der Waals surface area contributed by atoms with Crippen molar-refractivity contribution in [3.05, 3.63) is 118 Å². The van der Waals surface area contributed by atoms with Crippen LogP contribution in [0.1, 0.15) is 59.4 Å². The first-order valence-electron chi connectivity index (χ1n) is 12.6. The number of phenolic OH excluding ortho intramolecular Hbond substituents is 4. The van der Waals surface area contributed by atoms with E-state index in [4.69, 9.17) is 4.74 Å². The van der Waals surface area contributed by atoms with Gasteiger partial charge in [0, 0.05) is 5.56 Å². The fourth-order valence-electron chi connectivity index (χ4n) is 5.01. The zero-order chi connectivity index (χ0) is 29.3. The number of hydrogen-bond acceptors (Lipinski definition) is 8. The van der Waals surface area contributed by atoms with Crippen molar-refractivity contribution in [2.75, 3.05) is 0 Å². The molecular weight excluding hydrogens is 530 g/mol. The maximum Gasteiger partial charge on any atom is 0.336 e. The maximum atomic E-state index is 13.1. The van der Waals surface area contributed by atoms with Crippen molar-refractivity contribution in [2.45, 2.75) is 25.2 Å². The normalized spacial score (nSPS) is 15.7.